The second-order valence-electron chi connectivity index (χ2n) is 5.94. The number of halogens is 2. The van der Waals surface area contributed by atoms with E-state index in [1.807, 2.05) is 50.2 Å². The minimum atomic E-state index is -0.0383. The molecule has 0 saturated heterocycles. The number of carbonyl (C=O) groups excluding carboxylic acids is 1. The van der Waals surface area contributed by atoms with Crippen molar-refractivity contribution < 1.29 is 4.79 Å². The van der Waals surface area contributed by atoms with Crippen LogP contribution in [0.2, 0.25) is 5.02 Å². The fraction of sp³-hybridized carbons (Fsp3) is 0.222. The van der Waals surface area contributed by atoms with Crippen LogP contribution in [0.5, 0.6) is 0 Å². The minimum absolute atomic E-state index is 0. The molecule has 1 heterocycles. The summed E-state index contributed by atoms with van der Waals surface area (Å²) in [6, 6.07) is 13.4. The zero-order chi connectivity index (χ0) is 16.4. The first-order valence-electron chi connectivity index (χ1n) is 7.57. The Labute approximate surface area is 152 Å². The lowest BCUT2D eigenvalue weighted by molar-refractivity contribution is -0.116. The van der Waals surface area contributed by atoms with Gasteiger partial charge in [-0.2, -0.15) is 0 Å². The van der Waals surface area contributed by atoms with E-state index in [2.05, 4.69) is 15.3 Å². The van der Waals surface area contributed by atoms with Crippen LogP contribution in [-0.4, -0.2) is 15.9 Å². The fourth-order valence-corrected chi connectivity index (χ4v) is 2.59. The Morgan fingerprint density at radius 2 is 2.00 bits per heavy atom. The number of carbonyl (C=O) groups is 1. The number of aromatic amines is 1. The van der Waals surface area contributed by atoms with Gasteiger partial charge in [-0.3, -0.25) is 4.79 Å². The van der Waals surface area contributed by atoms with Crippen LogP contribution in [0.3, 0.4) is 0 Å². The molecule has 0 fully saturated rings. The largest absolute Gasteiger partial charge is 0.338 e. The van der Waals surface area contributed by atoms with Gasteiger partial charge in [0.05, 0.1) is 21.7 Å². The lowest BCUT2D eigenvalue weighted by atomic mass is 10.1. The summed E-state index contributed by atoms with van der Waals surface area (Å²) in [6.07, 6.45) is 0.463. The van der Waals surface area contributed by atoms with Gasteiger partial charge in [-0.05, 0) is 36.2 Å². The van der Waals surface area contributed by atoms with E-state index in [-0.39, 0.29) is 18.3 Å². The highest BCUT2D eigenvalue weighted by Gasteiger charge is 2.11. The topological polar surface area (TPSA) is 57.8 Å². The number of anilines is 1. The number of nitrogens with one attached hydrogen (secondary N) is 2. The van der Waals surface area contributed by atoms with Crippen LogP contribution in [0.1, 0.15) is 20.3 Å². The Hall–Kier alpha value is -2.04. The first-order chi connectivity index (χ1) is 11.0. The molecule has 0 spiro atoms. The lowest BCUT2D eigenvalue weighted by Crippen LogP contribution is -2.14. The van der Waals surface area contributed by atoms with Crippen molar-refractivity contribution in [3.05, 3.63) is 47.5 Å². The molecule has 6 heteroatoms. The molecule has 3 aromatic rings. The normalized spacial score (nSPS) is 10.7. The molecular formula is C18H19Cl2N3O. The highest BCUT2D eigenvalue weighted by atomic mass is 35.5. The van der Waals surface area contributed by atoms with Crippen LogP contribution in [0.15, 0.2) is 42.5 Å². The Kier molecular flexibility index (Phi) is 5.86. The summed E-state index contributed by atoms with van der Waals surface area (Å²) < 4.78 is 0. The van der Waals surface area contributed by atoms with Crippen LogP contribution in [0, 0.1) is 5.92 Å². The molecule has 0 saturated carbocycles. The third-order valence-corrected chi connectivity index (χ3v) is 3.83. The van der Waals surface area contributed by atoms with Gasteiger partial charge in [-0.25, -0.2) is 4.98 Å². The Bertz CT molecular complexity index is 825. The molecule has 1 amide bonds. The van der Waals surface area contributed by atoms with E-state index >= 15 is 0 Å². The molecule has 1 aromatic heterocycles. The highest BCUT2D eigenvalue weighted by Crippen LogP contribution is 2.29. The Balaban J connectivity index is 0.00000208. The zero-order valence-electron chi connectivity index (χ0n) is 13.5. The number of hydrogen-bond donors (Lipinski definition) is 2. The molecule has 2 aromatic carbocycles. The minimum Gasteiger partial charge on any atom is -0.338 e. The number of amides is 1. The van der Waals surface area contributed by atoms with Crippen LogP contribution in [0.4, 0.5) is 5.69 Å². The summed E-state index contributed by atoms with van der Waals surface area (Å²) in [7, 11) is 0. The quantitative estimate of drug-likeness (QED) is 0.661. The van der Waals surface area contributed by atoms with Crippen LogP contribution >= 0.6 is 24.0 Å². The van der Waals surface area contributed by atoms with Crippen LogP contribution < -0.4 is 5.32 Å². The lowest BCUT2D eigenvalue weighted by Gasteiger charge is -2.10. The summed E-state index contributed by atoms with van der Waals surface area (Å²) in [5.41, 5.74) is 3.37. The molecule has 24 heavy (non-hydrogen) atoms. The van der Waals surface area contributed by atoms with Gasteiger partial charge in [0.15, 0.2) is 0 Å². The number of benzene rings is 2. The number of fused-ring (bicyclic) bond motifs is 1. The number of H-pyrrole nitrogens is 1. The monoisotopic (exact) mass is 363 g/mol. The molecule has 0 bridgehead atoms. The van der Waals surface area contributed by atoms with Gasteiger partial charge >= 0.3 is 0 Å². The second-order valence-corrected chi connectivity index (χ2v) is 6.35. The SMILES string of the molecule is CC(C)CC(=O)Nc1cc(-c2nc3ccccc3[nH]2)ccc1Cl.Cl. The molecular weight excluding hydrogens is 345 g/mol. The number of nitrogens with zero attached hydrogens (tertiary/aromatic N) is 1. The highest BCUT2D eigenvalue weighted by molar-refractivity contribution is 6.33. The number of imidazole rings is 1. The number of hydrogen-bond acceptors (Lipinski definition) is 2. The standard InChI is InChI=1S/C18H18ClN3O.ClH/c1-11(2)9-17(23)20-16-10-12(7-8-13(16)19)18-21-14-5-3-4-6-15(14)22-18;/h3-8,10-11H,9H2,1-2H3,(H,20,23)(H,21,22);1H. The maximum Gasteiger partial charge on any atom is 0.224 e. The fourth-order valence-electron chi connectivity index (χ4n) is 2.43. The van der Waals surface area contributed by atoms with Crippen molar-refractivity contribution in [3.63, 3.8) is 0 Å². The van der Waals surface area contributed by atoms with E-state index in [1.165, 1.54) is 0 Å². The van der Waals surface area contributed by atoms with Gasteiger partial charge in [-0.15, -0.1) is 12.4 Å². The molecule has 126 valence electrons. The van der Waals surface area contributed by atoms with E-state index in [9.17, 15) is 4.79 Å². The smallest absolute Gasteiger partial charge is 0.224 e. The van der Waals surface area contributed by atoms with Gasteiger partial charge in [0.2, 0.25) is 5.91 Å². The molecule has 4 nitrogen and oxygen atoms in total. The summed E-state index contributed by atoms with van der Waals surface area (Å²) in [6.45, 7) is 4.01. The first-order valence-corrected chi connectivity index (χ1v) is 7.95. The molecule has 0 unspecified atom stereocenters. The molecule has 0 atom stereocenters. The van der Waals surface area contributed by atoms with Crippen molar-refractivity contribution in [2.75, 3.05) is 5.32 Å². The van der Waals surface area contributed by atoms with Crippen LogP contribution in [0.25, 0.3) is 22.4 Å². The van der Waals surface area contributed by atoms with E-state index in [0.717, 1.165) is 22.4 Å². The van der Waals surface area contributed by atoms with Crippen LogP contribution in [-0.2, 0) is 4.79 Å². The molecule has 0 aliphatic carbocycles. The summed E-state index contributed by atoms with van der Waals surface area (Å²) in [4.78, 5) is 19.8. The van der Waals surface area contributed by atoms with Crippen molar-refractivity contribution >= 4 is 46.6 Å². The van der Waals surface area contributed by atoms with E-state index < -0.39 is 0 Å². The van der Waals surface area contributed by atoms with Gasteiger partial charge < -0.3 is 10.3 Å². The molecule has 0 radical (unpaired) electrons. The zero-order valence-corrected chi connectivity index (χ0v) is 15.0. The van der Waals surface area contributed by atoms with Crippen molar-refractivity contribution in [2.45, 2.75) is 20.3 Å². The maximum atomic E-state index is 12.0. The second kappa shape index (κ2) is 7.69. The first kappa shape index (κ1) is 18.3. The average Bonchev–Trinajstić information content (AvgIpc) is 2.92. The number of aromatic nitrogens is 2. The molecule has 3 rings (SSSR count). The van der Waals surface area contributed by atoms with Crippen molar-refractivity contribution in [2.24, 2.45) is 5.92 Å². The third-order valence-electron chi connectivity index (χ3n) is 3.50. The summed E-state index contributed by atoms with van der Waals surface area (Å²) in [5, 5.41) is 3.39. The van der Waals surface area contributed by atoms with E-state index in [4.69, 9.17) is 11.6 Å². The third kappa shape index (κ3) is 4.08. The molecule has 2 N–H and O–H groups in total. The Morgan fingerprint density at radius 3 is 2.71 bits per heavy atom. The van der Waals surface area contributed by atoms with Crippen molar-refractivity contribution in [1.82, 2.24) is 9.97 Å². The number of rotatable bonds is 4. The van der Waals surface area contributed by atoms with Crippen molar-refractivity contribution in [3.8, 4) is 11.4 Å². The predicted molar refractivity (Wildman–Crippen MR) is 102 cm³/mol. The maximum absolute atomic E-state index is 12.0. The van der Waals surface area contributed by atoms with Crippen molar-refractivity contribution in [1.29, 1.82) is 0 Å². The number of para-hydroxylation sites is 2. The Morgan fingerprint density at radius 1 is 1.25 bits per heavy atom. The summed E-state index contributed by atoms with van der Waals surface area (Å²) >= 11 is 6.20. The average molecular weight is 364 g/mol. The van der Waals surface area contributed by atoms with E-state index in [1.54, 1.807) is 6.07 Å². The molecule has 0 aliphatic heterocycles. The van der Waals surface area contributed by atoms with Gasteiger partial charge in [0.1, 0.15) is 5.82 Å². The summed E-state index contributed by atoms with van der Waals surface area (Å²) in [5.74, 6) is 1.01. The molecule has 0 aliphatic rings. The predicted octanol–water partition coefficient (Wildman–Crippen LogP) is 5.29. The van der Waals surface area contributed by atoms with Gasteiger partial charge in [0, 0.05) is 12.0 Å². The van der Waals surface area contributed by atoms with Gasteiger partial charge in [0.25, 0.3) is 0 Å². The van der Waals surface area contributed by atoms with E-state index in [0.29, 0.717) is 23.0 Å². The van der Waals surface area contributed by atoms with Gasteiger partial charge in [-0.1, -0.05) is 37.6 Å².